The molecule has 0 aliphatic rings. The van der Waals surface area contributed by atoms with Gasteiger partial charge in [0, 0.05) is 18.0 Å². The van der Waals surface area contributed by atoms with Gasteiger partial charge in [-0.25, -0.2) is 4.98 Å². The molecular formula is C11H7BrCl2N2O2. The molecule has 0 aliphatic carbocycles. The summed E-state index contributed by atoms with van der Waals surface area (Å²) < 4.78 is 1.86. The van der Waals surface area contributed by atoms with Crippen LogP contribution in [0, 0.1) is 6.92 Å². The van der Waals surface area contributed by atoms with E-state index in [1.54, 1.807) is 13.0 Å². The predicted molar refractivity (Wildman–Crippen MR) is 74.0 cm³/mol. The normalized spacial score (nSPS) is 10.7. The molecule has 0 atom stereocenters. The summed E-state index contributed by atoms with van der Waals surface area (Å²) in [4.78, 5) is 16.0. The van der Waals surface area contributed by atoms with Crippen molar-refractivity contribution < 1.29 is 5.11 Å². The van der Waals surface area contributed by atoms with Gasteiger partial charge in [0.2, 0.25) is 0 Å². The lowest BCUT2D eigenvalue weighted by molar-refractivity contribution is 0.472. The van der Waals surface area contributed by atoms with Crippen molar-refractivity contribution in [2.45, 2.75) is 6.92 Å². The Hall–Kier alpha value is -1.04. The van der Waals surface area contributed by atoms with Gasteiger partial charge in [-0.3, -0.25) is 9.36 Å². The largest absolute Gasteiger partial charge is 0.506 e. The fourth-order valence-electron chi connectivity index (χ4n) is 1.57. The molecule has 4 nitrogen and oxygen atoms in total. The van der Waals surface area contributed by atoms with Gasteiger partial charge in [0.25, 0.3) is 5.56 Å². The number of hydrogen-bond donors (Lipinski definition) is 1. The van der Waals surface area contributed by atoms with Crippen LogP contribution >= 0.6 is 39.1 Å². The summed E-state index contributed by atoms with van der Waals surface area (Å²) in [7, 11) is 0. The second-order valence-corrected chi connectivity index (χ2v) is 5.18. The summed E-state index contributed by atoms with van der Waals surface area (Å²) in [6.45, 7) is 1.67. The van der Waals surface area contributed by atoms with Crippen molar-refractivity contribution in [3.05, 3.63) is 49.0 Å². The molecule has 0 radical (unpaired) electrons. The van der Waals surface area contributed by atoms with Crippen LogP contribution in [-0.2, 0) is 0 Å². The van der Waals surface area contributed by atoms with Crippen LogP contribution in [0.15, 0.2) is 27.7 Å². The molecular weight excluding hydrogens is 343 g/mol. The number of halogens is 3. The summed E-state index contributed by atoms with van der Waals surface area (Å²) in [5.74, 6) is -0.250. The molecule has 0 amide bonds. The Kier molecular flexibility index (Phi) is 3.66. The lowest BCUT2D eigenvalue weighted by Crippen LogP contribution is -2.21. The fourth-order valence-corrected chi connectivity index (χ4v) is 2.21. The Morgan fingerprint density at radius 1 is 1.39 bits per heavy atom. The van der Waals surface area contributed by atoms with Gasteiger partial charge >= 0.3 is 0 Å². The molecule has 18 heavy (non-hydrogen) atoms. The van der Waals surface area contributed by atoms with Crippen molar-refractivity contribution in [1.29, 1.82) is 0 Å². The van der Waals surface area contributed by atoms with Crippen molar-refractivity contribution in [3.8, 4) is 11.4 Å². The highest BCUT2D eigenvalue weighted by atomic mass is 79.9. The summed E-state index contributed by atoms with van der Waals surface area (Å²) in [5.41, 5.74) is 0.430. The van der Waals surface area contributed by atoms with Crippen molar-refractivity contribution in [3.63, 3.8) is 0 Å². The van der Waals surface area contributed by atoms with E-state index in [4.69, 9.17) is 23.2 Å². The maximum absolute atomic E-state index is 12.1. The molecule has 0 saturated heterocycles. The highest BCUT2D eigenvalue weighted by Gasteiger charge is 2.14. The third kappa shape index (κ3) is 2.25. The van der Waals surface area contributed by atoms with Gasteiger partial charge in [-0.1, -0.05) is 23.2 Å². The van der Waals surface area contributed by atoms with Crippen LogP contribution < -0.4 is 5.56 Å². The first-order valence-electron chi connectivity index (χ1n) is 4.84. The van der Waals surface area contributed by atoms with Crippen LogP contribution in [0.5, 0.6) is 5.75 Å². The smallest absolute Gasteiger partial charge is 0.277 e. The molecule has 1 N–H and O–H groups in total. The van der Waals surface area contributed by atoms with Crippen LogP contribution in [0.2, 0.25) is 10.0 Å². The lowest BCUT2D eigenvalue weighted by Gasteiger charge is -2.12. The molecule has 0 aliphatic heterocycles. The van der Waals surface area contributed by atoms with E-state index >= 15 is 0 Å². The van der Waals surface area contributed by atoms with E-state index in [9.17, 15) is 9.90 Å². The molecule has 2 heterocycles. The number of pyridine rings is 2. The second kappa shape index (κ2) is 4.91. The zero-order valence-corrected chi connectivity index (χ0v) is 12.2. The number of rotatable bonds is 1. The first-order chi connectivity index (χ1) is 8.41. The standard InChI is InChI=1S/C11H7BrCl2N2O2/c1-5-2-8(17)10(14)11(18)16(5)7-3-9(12)15-4-6(7)13/h2-4,17H,1H3. The monoisotopic (exact) mass is 348 g/mol. The summed E-state index contributed by atoms with van der Waals surface area (Å²) >= 11 is 15.0. The molecule has 2 aromatic heterocycles. The van der Waals surface area contributed by atoms with E-state index in [1.807, 2.05) is 0 Å². The zero-order chi connectivity index (χ0) is 13.4. The van der Waals surface area contributed by atoms with E-state index in [-0.39, 0.29) is 10.8 Å². The summed E-state index contributed by atoms with van der Waals surface area (Å²) in [6.07, 6.45) is 1.42. The first-order valence-corrected chi connectivity index (χ1v) is 6.39. The topological polar surface area (TPSA) is 55.1 Å². The second-order valence-electron chi connectivity index (χ2n) is 3.58. The van der Waals surface area contributed by atoms with Crippen molar-refractivity contribution in [2.24, 2.45) is 0 Å². The Morgan fingerprint density at radius 2 is 2.06 bits per heavy atom. The number of aromatic nitrogens is 2. The number of aryl methyl sites for hydroxylation is 1. The van der Waals surface area contributed by atoms with Crippen molar-refractivity contribution in [1.82, 2.24) is 9.55 Å². The van der Waals surface area contributed by atoms with Gasteiger partial charge in [0.15, 0.2) is 0 Å². The number of nitrogens with zero attached hydrogens (tertiary/aromatic N) is 2. The van der Waals surface area contributed by atoms with E-state index < -0.39 is 5.56 Å². The van der Waals surface area contributed by atoms with Crippen molar-refractivity contribution >= 4 is 39.1 Å². The molecule has 2 rings (SSSR count). The molecule has 0 spiro atoms. The molecule has 0 saturated carbocycles. The highest BCUT2D eigenvalue weighted by molar-refractivity contribution is 9.10. The van der Waals surface area contributed by atoms with Crippen LogP contribution in [-0.4, -0.2) is 14.7 Å². The number of aromatic hydroxyl groups is 1. The van der Waals surface area contributed by atoms with E-state index in [0.717, 1.165) is 0 Å². The van der Waals surface area contributed by atoms with Crippen LogP contribution in [0.1, 0.15) is 5.69 Å². The first kappa shape index (κ1) is 13.4. The molecule has 2 aromatic rings. The van der Waals surface area contributed by atoms with E-state index in [1.165, 1.54) is 16.8 Å². The van der Waals surface area contributed by atoms with Gasteiger partial charge in [-0.05, 0) is 28.9 Å². The highest BCUT2D eigenvalue weighted by Crippen LogP contribution is 2.26. The fraction of sp³-hybridized carbons (Fsp3) is 0.0909. The molecule has 0 aromatic carbocycles. The van der Waals surface area contributed by atoms with E-state index in [0.29, 0.717) is 21.0 Å². The minimum atomic E-state index is -0.533. The van der Waals surface area contributed by atoms with E-state index in [2.05, 4.69) is 20.9 Å². The van der Waals surface area contributed by atoms with Gasteiger partial charge < -0.3 is 5.11 Å². The Labute approximate surface area is 121 Å². The molecule has 0 unspecified atom stereocenters. The van der Waals surface area contributed by atoms with Gasteiger partial charge in [0.1, 0.15) is 15.4 Å². The predicted octanol–water partition coefficient (Wildman–Crippen LogP) is 3.32. The molecule has 94 valence electrons. The minimum absolute atomic E-state index is 0.246. The number of hydrogen-bond acceptors (Lipinski definition) is 3. The minimum Gasteiger partial charge on any atom is -0.506 e. The maximum atomic E-state index is 12.1. The van der Waals surface area contributed by atoms with Gasteiger partial charge in [-0.15, -0.1) is 0 Å². The van der Waals surface area contributed by atoms with Crippen LogP contribution in [0.4, 0.5) is 0 Å². The van der Waals surface area contributed by atoms with Gasteiger partial charge in [-0.2, -0.15) is 0 Å². The van der Waals surface area contributed by atoms with Gasteiger partial charge in [0.05, 0.1) is 10.7 Å². The summed E-state index contributed by atoms with van der Waals surface area (Å²) in [5, 5.41) is 9.54. The average Bonchev–Trinajstić information content (AvgIpc) is 2.31. The third-order valence-corrected chi connectivity index (χ3v) is 3.44. The van der Waals surface area contributed by atoms with Crippen molar-refractivity contribution in [2.75, 3.05) is 0 Å². The SMILES string of the molecule is Cc1cc(O)c(Cl)c(=O)n1-c1cc(Br)ncc1Cl. The zero-order valence-electron chi connectivity index (χ0n) is 9.12. The Morgan fingerprint density at radius 3 is 2.72 bits per heavy atom. The Bertz CT molecular complexity index is 685. The molecule has 0 bridgehead atoms. The van der Waals surface area contributed by atoms with Crippen LogP contribution in [0.25, 0.3) is 5.69 Å². The van der Waals surface area contributed by atoms with Crippen LogP contribution in [0.3, 0.4) is 0 Å². The summed E-state index contributed by atoms with van der Waals surface area (Å²) in [6, 6.07) is 3.00. The molecule has 0 fully saturated rings. The Balaban J connectivity index is 2.84. The maximum Gasteiger partial charge on any atom is 0.277 e. The molecule has 7 heteroatoms. The quantitative estimate of drug-likeness (QED) is 0.803. The average molecular weight is 350 g/mol. The third-order valence-electron chi connectivity index (χ3n) is 2.36. The lowest BCUT2D eigenvalue weighted by atomic mass is 10.3.